The van der Waals surface area contributed by atoms with Crippen LogP contribution in [0.5, 0.6) is 11.5 Å². The first-order valence-electron chi connectivity index (χ1n) is 9.95. The number of methoxy groups -OCH3 is 1. The summed E-state index contributed by atoms with van der Waals surface area (Å²) in [5.41, 5.74) is -0.765. The Morgan fingerprint density at radius 2 is 1.53 bits per heavy atom. The van der Waals surface area contributed by atoms with Crippen LogP contribution in [0.25, 0.3) is 10.8 Å². The number of phenolic OH excluding ortho intramolecular Hbond substituents is 1. The average Bonchev–Trinajstić information content (AvgIpc) is 2.81. The second-order valence-corrected chi connectivity index (χ2v) is 10.8. The van der Waals surface area contributed by atoms with Crippen LogP contribution in [-0.4, -0.2) is 53.1 Å². The van der Waals surface area contributed by atoms with Gasteiger partial charge in [0.25, 0.3) is 20.2 Å². The number of halogens is 2. The summed E-state index contributed by atoms with van der Waals surface area (Å²) in [5.74, 6) is -0.637. The number of benzene rings is 3. The highest BCUT2D eigenvalue weighted by Crippen LogP contribution is 2.42. The Kier molecular flexibility index (Phi) is 7.37. The highest BCUT2D eigenvalue weighted by molar-refractivity contribution is 7.86. The molecule has 4 aromatic rings. The quantitative estimate of drug-likeness (QED) is 0.168. The number of hydrogen-bond acceptors (Lipinski definition) is 12. The van der Waals surface area contributed by atoms with E-state index in [1.165, 1.54) is 31.4 Å². The Morgan fingerprint density at radius 3 is 2.13 bits per heavy atom. The van der Waals surface area contributed by atoms with E-state index in [1.54, 1.807) is 0 Å². The van der Waals surface area contributed by atoms with Gasteiger partial charge >= 0.3 is 0 Å². The molecule has 0 saturated carbocycles. The van der Waals surface area contributed by atoms with Gasteiger partial charge in [-0.25, -0.2) is 0 Å². The van der Waals surface area contributed by atoms with Crippen molar-refractivity contribution in [3.05, 3.63) is 53.0 Å². The number of rotatable bonds is 7. The molecule has 198 valence electrons. The number of aromatic nitrogens is 3. The number of phenols is 1. The van der Waals surface area contributed by atoms with Crippen LogP contribution < -0.4 is 10.1 Å². The molecule has 0 amide bonds. The van der Waals surface area contributed by atoms with Gasteiger partial charge in [-0.05, 0) is 65.0 Å². The van der Waals surface area contributed by atoms with Crippen molar-refractivity contribution in [2.45, 2.75) is 9.79 Å². The monoisotopic (exact) mass is 600 g/mol. The zero-order valence-electron chi connectivity index (χ0n) is 18.7. The summed E-state index contributed by atoms with van der Waals surface area (Å²) in [6.45, 7) is 0. The van der Waals surface area contributed by atoms with E-state index in [-0.39, 0.29) is 33.0 Å². The number of anilines is 2. The maximum Gasteiger partial charge on any atom is 0.296 e. The first-order valence-corrected chi connectivity index (χ1v) is 13.6. The Labute approximate surface area is 224 Å². The number of azo groups is 1. The van der Waals surface area contributed by atoms with E-state index >= 15 is 0 Å². The van der Waals surface area contributed by atoms with Gasteiger partial charge in [0.15, 0.2) is 5.75 Å². The van der Waals surface area contributed by atoms with E-state index in [0.717, 1.165) is 18.2 Å². The molecule has 14 nitrogen and oxygen atoms in total. The number of nitrogens with one attached hydrogen (secondary N) is 1. The fourth-order valence-corrected chi connectivity index (χ4v) is 4.91. The summed E-state index contributed by atoms with van der Waals surface area (Å²) in [7, 11) is -8.50. The Balaban J connectivity index is 1.84. The molecule has 0 bridgehead atoms. The van der Waals surface area contributed by atoms with E-state index in [9.17, 15) is 31.0 Å². The summed E-state index contributed by atoms with van der Waals surface area (Å²) in [6, 6.07) is 8.69. The fourth-order valence-electron chi connectivity index (χ4n) is 3.25. The first-order chi connectivity index (χ1) is 17.8. The molecule has 1 heterocycles. The van der Waals surface area contributed by atoms with Crippen LogP contribution >= 0.6 is 23.2 Å². The fraction of sp³-hybridized carbons (Fsp3) is 0.0500. The third kappa shape index (κ3) is 5.90. The molecule has 0 aliphatic carbocycles. The normalized spacial score (nSPS) is 12.2. The van der Waals surface area contributed by atoms with Crippen molar-refractivity contribution in [3.8, 4) is 11.5 Å². The lowest BCUT2D eigenvalue weighted by Crippen LogP contribution is -2.01. The molecule has 4 N–H and O–H groups in total. The van der Waals surface area contributed by atoms with Gasteiger partial charge in [-0.15, -0.1) is 10.2 Å². The van der Waals surface area contributed by atoms with Gasteiger partial charge in [0.2, 0.25) is 16.5 Å². The smallest absolute Gasteiger partial charge is 0.296 e. The molecule has 1 aromatic heterocycles. The molecule has 0 aliphatic rings. The lowest BCUT2D eigenvalue weighted by Gasteiger charge is -2.11. The standard InChI is InChI=1S/C20H14Cl2N6O8S2/c1-36-11-3-5-13(14(8-11)37(30,31)32)27-28-16-15(38(33,34)35)7-9-6-10(2-4-12(9)17(16)29)23-20-25-18(21)24-19(22)26-20/h2-8,29H,1H3,(H,30,31,32)(H,33,34,35)(H,23,24,25,26)/b28-27+. The minimum Gasteiger partial charge on any atom is -0.505 e. The van der Waals surface area contributed by atoms with E-state index in [4.69, 9.17) is 27.9 Å². The van der Waals surface area contributed by atoms with Gasteiger partial charge in [0, 0.05) is 17.1 Å². The predicted molar refractivity (Wildman–Crippen MR) is 136 cm³/mol. The van der Waals surface area contributed by atoms with Crippen LogP contribution in [0.15, 0.2) is 62.5 Å². The summed E-state index contributed by atoms with van der Waals surface area (Å²) in [4.78, 5) is 9.80. The lowest BCUT2D eigenvalue weighted by molar-refractivity contribution is 0.412. The van der Waals surface area contributed by atoms with Gasteiger partial charge in [-0.2, -0.15) is 31.8 Å². The zero-order valence-corrected chi connectivity index (χ0v) is 21.9. The maximum absolute atomic E-state index is 12.1. The van der Waals surface area contributed by atoms with Crippen molar-refractivity contribution in [3.63, 3.8) is 0 Å². The predicted octanol–water partition coefficient (Wildman–Crippen LogP) is 4.70. The molecular formula is C20H14Cl2N6O8S2. The molecule has 3 aromatic carbocycles. The first kappa shape index (κ1) is 27.4. The van der Waals surface area contributed by atoms with Crippen LogP contribution in [0.3, 0.4) is 0 Å². The van der Waals surface area contributed by atoms with E-state index in [2.05, 4.69) is 30.5 Å². The summed E-state index contributed by atoms with van der Waals surface area (Å²) in [6.07, 6.45) is 0. The molecule has 0 saturated heterocycles. The molecule has 0 radical (unpaired) electrons. The summed E-state index contributed by atoms with van der Waals surface area (Å²) < 4.78 is 72.1. The molecule has 38 heavy (non-hydrogen) atoms. The van der Waals surface area contributed by atoms with Crippen LogP contribution in [0.4, 0.5) is 23.0 Å². The third-order valence-corrected chi connectivity index (χ3v) is 6.96. The van der Waals surface area contributed by atoms with Crippen LogP contribution in [0.1, 0.15) is 0 Å². The van der Waals surface area contributed by atoms with Crippen LogP contribution in [-0.2, 0) is 20.2 Å². The SMILES string of the molecule is COc1ccc(/N=N/c2c(S(=O)(=O)O)cc3cc(Nc4nc(Cl)nc(Cl)n4)ccc3c2O)c(S(=O)(=O)O)c1. The Hall–Kier alpha value is -3.67. The average molecular weight is 601 g/mol. The van der Waals surface area contributed by atoms with E-state index in [0.29, 0.717) is 5.69 Å². The maximum atomic E-state index is 12.1. The molecule has 0 spiro atoms. The van der Waals surface area contributed by atoms with Crippen molar-refractivity contribution in [2.75, 3.05) is 12.4 Å². The van der Waals surface area contributed by atoms with Gasteiger partial charge in [-0.3, -0.25) is 9.11 Å². The van der Waals surface area contributed by atoms with Gasteiger partial charge in [0.05, 0.1) is 7.11 Å². The minimum atomic E-state index is -4.97. The molecular weight excluding hydrogens is 587 g/mol. The minimum absolute atomic E-state index is 0.0203. The molecule has 0 atom stereocenters. The van der Waals surface area contributed by atoms with Crippen molar-refractivity contribution in [1.82, 2.24) is 15.0 Å². The number of aromatic hydroxyl groups is 1. The van der Waals surface area contributed by atoms with Gasteiger partial charge in [0.1, 0.15) is 26.9 Å². The van der Waals surface area contributed by atoms with Crippen molar-refractivity contribution in [1.29, 1.82) is 0 Å². The molecule has 0 unspecified atom stereocenters. The van der Waals surface area contributed by atoms with Crippen molar-refractivity contribution >= 4 is 77.2 Å². The summed E-state index contributed by atoms with van der Waals surface area (Å²) >= 11 is 11.5. The lowest BCUT2D eigenvalue weighted by atomic mass is 10.1. The second-order valence-electron chi connectivity index (χ2n) is 7.31. The van der Waals surface area contributed by atoms with Gasteiger partial charge in [-0.1, -0.05) is 0 Å². The third-order valence-electron chi connectivity index (χ3n) is 4.87. The zero-order chi connectivity index (χ0) is 27.8. The van der Waals surface area contributed by atoms with Crippen molar-refractivity contribution in [2.24, 2.45) is 10.2 Å². The largest absolute Gasteiger partial charge is 0.505 e. The number of fused-ring (bicyclic) bond motifs is 1. The number of ether oxygens (including phenoxy) is 1. The summed E-state index contributed by atoms with van der Waals surface area (Å²) in [5, 5.41) is 20.9. The molecule has 0 fully saturated rings. The Morgan fingerprint density at radius 1 is 0.868 bits per heavy atom. The van der Waals surface area contributed by atoms with E-state index in [1.807, 2.05) is 0 Å². The van der Waals surface area contributed by atoms with Crippen LogP contribution in [0.2, 0.25) is 10.6 Å². The number of hydrogen-bond donors (Lipinski definition) is 4. The van der Waals surface area contributed by atoms with E-state index < -0.39 is 47.2 Å². The molecule has 4 rings (SSSR count). The second kappa shape index (κ2) is 10.2. The van der Waals surface area contributed by atoms with Crippen molar-refractivity contribution < 1.29 is 35.8 Å². The Bertz CT molecular complexity index is 1820. The molecule has 0 aliphatic heterocycles. The number of nitrogens with zero attached hydrogens (tertiary/aromatic N) is 5. The van der Waals surface area contributed by atoms with Crippen LogP contribution in [0, 0.1) is 0 Å². The molecule has 18 heteroatoms. The topological polar surface area (TPSA) is 214 Å². The van der Waals surface area contributed by atoms with Gasteiger partial charge < -0.3 is 15.2 Å². The highest BCUT2D eigenvalue weighted by atomic mass is 35.5. The highest BCUT2D eigenvalue weighted by Gasteiger charge is 2.23.